The molecule has 2 nitrogen and oxygen atoms in total. The van der Waals surface area contributed by atoms with Gasteiger partial charge in [0, 0.05) is 0 Å². The maximum absolute atomic E-state index is 9.83. The number of rotatable bonds is 1. The van der Waals surface area contributed by atoms with Crippen LogP contribution in [0.3, 0.4) is 0 Å². The van der Waals surface area contributed by atoms with E-state index in [1.165, 1.54) is 11.1 Å². The minimum Gasteiger partial charge on any atom is -0.391 e. The third-order valence-electron chi connectivity index (χ3n) is 2.86. The van der Waals surface area contributed by atoms with E-state index in [1.54, 1.807) is 0 Å². The highest BCUT2D eigenvalue weighted by Crippen LogP contribution is 2.23. The van der Waals surface area contributed by atoms with Gasteiger partial charge in [0.1, 0.15) is 0 Å². The standard InChI is InChI=1S/C12H17NO/c1-9-4-6-10(7-5-9)12-11(14)3-2-8-13-12/h4-7,11-14H,2-3,8H2,1H3/t11-,12?/m0/s1. The monoisotopic (exact) mass is 191 g/mol. The Bertz CT molecular complexity index is 294. The number of aliphatic hydroxyl groups is 1. The second-order valence-electron chi connectivity index (χ2n) is 4.05. The first kappa shape index (κ1) is 9.69. The first-order valence-corrected chi connectivity index (χ1v) is 5.25. The van der Waals surface area contributed by atoms with Crippen LogP contribution in [0.15, 0.2) is 24.3 Å². The Kier molecular flexibility index (Phi) is 2.85. The van der Waals surface area contributed by atoms with Gasteiger partial charge >= 0.3 is 0 Å². The number of aryl methyl sites for hydroxylation is 1. The van der Waals surface area contributed by atoms with Gasteiger partial charge in [0.05, 0.1) is 12.1 Å². The molecule has 76 valence electrons. The van der Waals surface area contributed by atoms with E-state index in [4.69, 9.17) is 0 Å². The first-order chi connectivity index (χ1) is 6.77. The first-order valence-electron chi connectivity index (χ1n) is 5.25. The van der Waals surface area contributed by atoms with Gasteiger partial charge < -0.3 is 10.4 Å². The molecule has 2 N–H and O–H groups in total. The molecule has 1 heterocycles. The Hall–Kier alpha value is -0.860. The lowest BCUT2D eigenvalue weighted by Crippen LogP contribution is -2.37. The van der Waals surface area contributed by atoms with Crippen molar-refractivity contribution in [2.24, 2.45) is 0 Å². The van der Waals surface area contributed by atoms with Crippen LogP contribution in [0.1, 0.15) is 30.0 Å². The number of benzene rings is 1. The fraction of sp³-hybridized carbons (Fsp3) is 0.500. The normalized spacial score (nSPS) is 27.6. The van der Waals surface area contributed by atoms with Crippen molar-refractivity contribution in [2.75, 3.05) is 6.54 Å². The molecule has 0 radical (unpaired) electrons. The van der Waals surface area contributed by atoms with Crippen LogP contribution in [0.25, 0.3) is 0 Å². The Morgan fingerprint density at radius 1 is 1.29 bits per heavy atom. The minimum atomic E-state index is -0.230. The summed E-state index contributed by atoms with van der Waals surface area (Å²) in [5.74, 6) is 0. The van der Waals surface area contributed by atoms with Crippen LogP contribution >= 0.6 is 0 Å². The van der Waals surface area contributed by atoms with Gasteiger partial charge in [-0.05, 0) is 31.9 Å². The zero-order chi connectivity index (χ0) is 9.97. The molecule has 1 aliphatic rings. The van der Waals surface area contributed by atoms with Gasteiger partial charge in [-0.15, -0.1) is 0 Å². The maximum atomic E-state index is 9.83. The second-order valence-corrected chi connectivity index (χ2v) is 4.05. The topological polar surface area (TPSA) is 32.3 Å². The van der Waals surface area contributed by atoms with Crippen molar-refractivity contribution < 1.29 is 5.11 Å². The predicted molar refractivity (Wildman–Crippen MR) is 57.2 cm³/mol. The summed E-state index contributed by atoms with van der Waals surface area (Å²) in [6, 6.07) is 8.52. The molecule has 1 unspecified atom stereocenters. The third-order valence-corrected chi connectivity index (χ3v) is 2.86. The molecule has 2 atom stereocenters. The molecule has 2 heteroatoms. The number of nitrogens with one attached hydrogen (secondary N) is 1. The number of hydrogen-bond donors (Lipinski definition) is 2. The molecule has 1 aliphatic heterocycles. The second kappa shape index (κ2) is 4.11. The smallest absolute Gasteiger partial charge is 0.0735 e. The van der Waals surface area contributed by atoms with Crippen LogP contribution in [-0.2, 0) is 0 Å². The number of piperidine rings is 1. The summed E-state index contributed by atoms with van der Waals surface area (Å²) < 4.78 is 0. The highest BCUT2D eigenvalue weighted by atomic mass is 16.3. The lowest BCUT2D eigenvalue weighted by Gasteiger charge is -2.29. The summed E-state index contributed by atoms with van der Waals surface area (Å²) >= 11 is 0. The van der Waals surface area contributed by atoms with Crippen molar-refractivity contribution in [3.8, 4) is 0 Å². The molecule has 1 saturated heterocycles. The molecule has 1 aromatic carbocycles. The molecular weight excluding hydrogens is 174 g/mol. The van der Waals surface area contributed by atoms with Crippen molar-refractivity contribution in [2.45, 2.75) is 31.9 Å². The van der Waals surface area contributed by atoms with Crippen molar-refractivity contribution in [3.63, 3.8) is 0 Å². The van der Waals surface area contributed by atoms with Gasteiger partial charge in [-0.1, -0.05) is 29.8 Å². The zero-order valence-electron chi connectivity index (χ0n) is 8.53. The Morgan fingerprint density at radius 3 is 2.64 bits per heavy atom. The molecule has 0 amide bonds. The molecule has 14 heavy (non-hydrogen) atoms. The van der Waals surface area contributed by atoms with Gasteiger partial charge in [-0.25, -0.2) is 0 Å². The summed E-state index contributed by atoms with van der Waals surface area (Å²) in [5.41, 5.74) is 2.46. The van der Waals surface area contributed by atoms with Crippen LogP contribution in [0.5, 0.6) is 0 Å². The summed E-state index contributed by atoms with van der Waals surface area (Å²) in [7, 11) is 0. The highest BCUT2D eigenvalue weighted by Gasteiger charge is 2.23. The molecule has 0 aromatic heterocycles. The molecule has 0 spiro atoms. The Balaban J connectivity index is 2.16. The van der Waals surface area contributed by atoms with Crippen molar-refractivity contribution in [3.05, 3.63) is 35.4 Å². The van der Waals surface area contributed by atoms with E-state index in [1.807, 2.05) is 0 Å². The number of aliphatic hydroxyl groups excluding tert-OH is 1. The Labute approximate surface area is 85.0 Å². The minimum absolute atomic E-state index is 0.129. The highest BCUT2D eigenvalue weighted by molar-refractivity contribution is 5.25. The average molecular weight is 191 g/mol. The lowest BCUT2D eigenvalue weighted by atomic mass is 9.94. The molecule has 0 saturated carbocycles. The van der Waals surface area contributed by atoms with Gasteiger partial charge in [0.25, 0.3) is 0 Å². The van der Waals surface area contributed by atoms with E-state index in [2.05, 4.69) is 36.5 Å². The SMILES string of the molecule is Cc1ccc(C2NCCC[C@@H]2O)cc1. The molecule has 0 bridgehead atoms. The third kappa shape index (κ3) is 1.97. The largest absolute Gasteiger partial charge is 0.391 e. The summed E-state index contributed by atoms with van der Waals surface area (Å²) in [6.07, 6.45) is 1.75. The quantitative estimate of drug-likeness (QED) is 0.709. The van der Waals surface area contributed by atoms with Crippen LogP contribution in [0.2, 0.25) is 0 Å². The van der Waals surface area contributed by atoms with Crippen LogP contribution < -0.4 is 5.32 Å². The van der Waals surface area contributed by atoms with Crippen LogP contribution in [-0.4, -0.2) is 17.8 Å². The van der Waals surface area contributed by atoms with E-state index in [9.17, 15) is 5.11 Å². The van der Waals surface area contributed by atoms with Crippen molar-refractivity contribution >= 4 is 0 Å². The summed E-state index contributed by atoms with van der Waals surface area (Å²) in [4.78, 5) is 0. The lowest BCUT2D eigenvalue weighted by molar-refractivity contribution is 0.0965. The van der Waals surface area contributed by atoms with E-state index >= 15 is 0 Å². The maximum Gasteiger partial charge on any atom is 0.0735 e. The molecular formula is C12H17NO. The Morgan fingerprint density at radius 2 is 2.00 bits per heavy atom. The summed E-state index contributed by atoms with van der Waals surface area (Å²) in [5, 5.41) is 13.2. The zero-order valence-corrected chi connectivity index (χ0v) is 8.53. The van der Waals surface area contributed by atoms with Crippen molar-refractivity contribution in [1.29, 1.82) is 0 Å². The van der Waals surface area contributed by atoms with Gasteiger partial charge in [0.15, 0.2) is 0 Å². The van der Waals surface area contributed by atoms with Crippen LogP contribution in [0, 0.1) is 6.92 Å². The fourth-order valence-corrected chi connectivity index (χ4v) is 1.99. The van der Waals surface area contributed by atoms with E-state index in [0.29, 0.717) is 0 Å². The summed E-state index contributed by atoms with van der Waals surface area (Å²) in [6.45, 7) is 3.09. The van der Waals surface area contributed by atoms with Gasteiger partial charge in [0.2, 0.25) is 0 Å². The molecule has 1 aromatic rings. The van der Waals surface area contributed by atoms with Gasteiger partial charge in [-0.3, -0.25) is 0 Å². The van der Waals surface area contributed by atoms with Gasteiger partial charge in [-0.2, -0.15) is 0 Å². The van der Waals surface area contributed by atoms with Crippen LogP contribution in [0.4, 0.5) is 0 Å². The van der Waals surface area contributed by atoms with E-state index in [-0.39, 0.29) is 12.1 Å². The van der Waals surface area contributed by atoms with E-state index in [0.717, 1.165) is 19.4 Å². The molecule has 1 fully saturated rings. The fourth-order valence-electron chi connectivity index (χ4n) is 1.99. The predicted octanol–water partition coefficient (Wildman–Crippen LogP) is 1.78. The number of hydrogen-bond acceptors (Lipinski definition) is 2. The average Bonchev–Trinajstić information content (AvgIpc) is 2.20. The molecule has 2 rings (SSSR count). The van der Waals surface area contributed by atoms with E-state index < -0.39 is 0 Å². The molecule has 0 aliphatic carbocycles. The van der Waals surface area contributed by atoms with Crippen molar-refractivity contribution in [1.82, 2.24) is 5.32 Å².